The first-order valence-electron chi connectivity index (χ1n) is 10.1. The minimum Gasteiger partial charge on any atom is -0.346 e. The van der Waals surface area contributed by atoms with Crippen LogP contribution in [-0.2, 0) is 10.0 Å². The number of carbonyl (C=O) groups is 1. The van der Waals surface area contributed by atoms with Gasteiger partial charge in [0.15, 0.2) is 5.13 Å². The fraction of sp³-hybridized carbons (Fsp3) is 0.238. The van der Waals surface area contributed by atoms with E-state index in [1.165, 1.54) is 30.3 Å². The lowest BCUT2D eigenvalue weighted by molar-refractivity contribution is -0.385. The Morgan fingerprint density at radius 3 is 2.58 bits per heavy atom. The summed E-state index contributed by atoms with van der Waals surface area (Å²) in [5.74, 6) is -0.121. The number of thiazole rings is 1. The minimum absolute atomic E-state index is 0.121. The average molecular weight is 488 g/mol. The number of amides is 1. The molecule has 33 heavy (non-hydrogen) atoms. The average Bonchev–Trinajstić information content (AvgIpc) is 3.23. The first kappa shape index (κ1) is 22.7. The van der Waals surface area contributed by atoms with Gasteiger partial charge >= 0.3 is 0 Å². The summed E-state index contributed by atoms with van der Waals surface area (Å²) in [7, 11) is -4.02. The molecule has 1 aliphatic heterocycles. The van der Waals surface area contributed by atoms with Crippen molar-refractivity contribution in [3.05, 3.63) is 75.8 Å². The molecule has 172 valence electrons. The molecule has 4 rings (SSSR count). The third kappa shape index (κ3) is 5.29. The normalized spacial score (nSPS) is 14.5. The Bertz CT molecular complexity index is 1250. The van der Waals surface area contributed by atoms with Crippen LogP contribution in [0.3, 0.4) is 0 Å². The van der Waals surface area contributed by atoms with E-state index in [1.807, 2.05) is 5.38 Å². The largest absolute Gasteiger partial charge is 0.346 e. The topological polar surface area (TPSA) is 126 Å². The summed E-state index contributed by atoms with van der Waals surface area (Å²) in [6.45, 7) is 2.72. The molecule has 12 heteroatoms. The summed E-state index contributed by atoms with van der Waals surface area (Å²) in [5, 5.41) is 13.8. The number of aromatic nitrogens is 1. The zero-order valence-electron chi connectivity index (χ0n) is 17.5. The Hall–Kier alpha value is -3.51. The highest BCUT2D eigenvalue weighted by Crippen LogP contribution is 2.22. The molecule has 1 saturated heterocycles. The second kappa shape index (κ2) is 9.55. The number of hydrogen-bond acceptors (Lipinski definition) is 8. The highest BCUT2D eigenvalue weighted by molar-refractivity contribution is 7.92. The van der Waals surface area contributed by atoms with Gasteiger partial charge in [-0.3, -0.25) is 19.6 Å². The summed E-state index contributed by atoms with van der Waals surface area (Å²) >= 11 is 1.57. The molecule has 1 fully saturated rings. The Balaban J connectivity index is 1.42. The van der Waals surface area contributed by atoms with E-state index in [9.17, 15) is 23.3 Å². The summed E-state index contributed by atoms with van der Waals surface area (Å²) < 4.78 is 27.6. The van der Waals surface area contributed by atoms with E-state index in [2.05, 4.69) is 14.6 Å². The predicted molar refractivity (Wildman–Crippen MR) is 125 cm³/mol. The van der Waals surface area contributed by atoms with Crippen LogP contribution in [0, 0.1) is 10.1 Å². The first-order valence-corrected chi connectivity index (χ1v) is 12.5. The molecule has 1 N–H and O–H groups in total. The number of anilines is 2. The number of hydrogen-bond donors (Lipinski definition) is 1. The third-order valence-corrected chi connectivity index (χ3v) is 7.41. The number of sulfonamides is 1. The molecule has 0 unspecified atom stereocenters. The van der Waals surface area contributed by atoms with Gasteiger partial charge in [-0.2, -0.15) is 0 Å². The van der Waals surface area contributed by atoms with Crippen LogP contribution in [0.2, 0.25) is 0 Å². The van der Waals surface area contributed by atoms with E-state index in [-0.39, 0.29) is 22.2 Å². The molecule has 0 bridgehead atoms. The van der Waals surface area contributed by atoms with Crippen LogP contribution in [0.15, 0.2) is 65.0 Å². The fourth-order valence-corrected chi connectivity index (χ4v) is 5.32. The number of nitro benzene ring substituents is 1. The van der Waals surface area contributed by atoms with Crippen LogP contribution >= 0.6 is 11.3 Å². The summed E-state index contributed by atoms with van der Waals surface area (Å²) in [6.07, 6.45) is 2.59. The van der Waals surface area contributed by atoms with Gasteiger partial charge in [-0.1, -0.05) is 6.07 Å². The fourth-order valence-electron chi connectivity index (χ4n) is 3.53. The van der Waals surface area contributed by atoms with Gasteiger partial charge in [0.1, 0.15) is 0 Å². The Morgan fingerprint density at radius 2 is 1.88 bits per heavy atom. The molecule has 3 aromatic rings. The van der Waals surface area contributed by atoms with Gasteiger partial charge in [-0.05, 0) is 36.8 Å². The van der Waals surface area contributed by atoms with Crippen LogP contribution in [0.1, 0.15) is 16.8 Å². The molecule has 10 nitrogen and oxygen atoms in total. The maximum absolute atomic E-state index is 13.0. The molecule has 0 saturated carbocycles. The lowest BCUT2D eigenvalue weighted by Crippen LogP contribution is -2.35. The predicted octanol–water partition coefficient (Wildman–Crippen LogP) is 3.20. The maximum atomic E-state index is 13.0. The molecule has 1 amide bonds. The van der Waals surface area contributed by atoms with Gasteiger partial charge in [-0.25, -0.2) is 13.4 Å². The smallest absolute Gasteiger partial charge is 0.270 e. The number of non-ortho nitro benzene ring substituents is 1. The van der Waals surface area contributed by atoms with Crippen LogP contribution < -0.4 is 9.62 Å². The van der Waals surface area contributed by atoms with Crippen LogP contribution in [0.4, 0.5) is 16.5 Å². The summed E-state index contributed by atoms with van der Waals surface area (Å²) in [6, 6.07) is 10.9. The van der Waals surface area contributed by atoms with Crippen molar-refractivity contribution in [2.45, 2.75) is 11.3 Å². The Kier molecular flexibility index (Phi) is 6.56. The first-order chi connectivity index (χ1) is 15.8. The SMILES string of the molecule is O=C(c1ccc(NS(=O)(=O)c2cccc([N+](=O)[O-])c2)cc1)N1CCCN(c2nccs2)CC1. The van der Waals surface area contributed by atoms with E-state index >= 15 is 0 Å². The highest BCUT2D eigenvalue weighted by atomic mass is 32.2. The van der Waals surface area contributed by atoms with Crippen molar-refractivity contribution in [1.29, 1.82) is 0 Å². The highest BCUT2D eigenvalue weighted by Gasteiger charge is 2.22. The lowest BCUT2D eigenvalue weighted by atomic mass is 10.2. The summed E-state index contributed by atoms with van der Waals surface area (Å²) in [5.41, 5.74) is 0.393. The van der Waals surface area contributed by atoms with Crippen molar-refractivity contribution in [3.8, 4) is 0 Å². The van der Waals surface area contributed by atoms with E-state index in [0.717, 1.165) is 24.2 Å². The molecule has 2 aromatic carbocycles. The number of carbonyl (C=O) groups excluding carboxylic acids is 1. The molecule has 0 atom stereocenters. The van der Waals surface area contributed by atoms with Crippen LogP contribution in [-0.4, -0.2) is 55.3 Å². The van der Waals surface area contributed by atoms with Gasteiger partial charge in [0.2, 0.25) is 0 Å². The second-order valence-corrected chi connectivity index (χ2v) is 9.94. The van der Waals surface area contributed by atoms with Crippen molar-refractivity contribution in [3.63, 3.8) is 0 Å². The van der Waals surface area contributed by atoms with Gasteiger partial charge in [0.25, 0.3) is 21.6 Å². The van der Waals surface area contributed by atoms with E-state index in [1.54, 1.807) is 34.6 Å². The minimum atomic E-state index is -4.02. The van der Waals surface area contributed by atoms with Crippen LogP contribution in [0.25, 0.3) is 0 Å². The third-order valence-electron chi connectivity index (χ3n) is 5.20. The number of nitrogens with one attached hydrogen (secondary N) is 1. The monoisotopic (exact) mass is 487 g/mol. The lowest BCUT2D eigenvalue weighted by Gasteiger charge is -2.22. The quantitative estimate of drug-likeness (QED) is 0.418. The molecule has 0 aliphatic carbocycles. The van der Waals surface area contributed by atoms with E-state index in [4.69, 9.17) is 0 Å². The number of benzene rings is 2. The van der Waals surface area contributed by atoms with Gasteiger partial charge in [-0.15, -0.1) is 11.3 Å². The number of nitro groups is 1. The van der Waals surface area contributed by atoms with Crippen LogP contribution in [0.5, 0.6) is 0 Å². The molecule has 1 aromatic heterocycles. The van der Waals surface area contributed by atoms with E-state index in [0.29, 0.717) is 25.2 Å². The van der Waals surface area contributed by atoms with Crippen molar-refractivity contribution >= 4 is 43.8 Å². The number of rotatable bonds is 6. The van der Waals surface area contributed by atoms with Crippen molar-refractivity contribution in [2.75, 3.05) is 35.8 Å². The molecule has 1 aliphatic rings. The van der Waals surface area contributed by atoms with Gasteiger partial charge in [0.05, 0.1) is 9.82 Å². The van der Waals surface area contributed by atoms with Crippen molar-refractivity contribution in [2.24, 2.45) is 0 Å². The Labute approximate surface area is 194 Å². The van der Waals surface area contributed by atoms with Crippen molar-refractivity contribution < 1.29 is 18.1 Å². The second-order valence-electron chi connectivity index (χ2n) is 7.38. The molecule has 2 heterocycles. The standard InChI is InChI=1S/C21H21N5O5S2/c27-20(24-10-2-11-25(13-12-24)21-22-9-14-32-21)16-5-7-17(8-6-16)23-33(30,31)19-4-1-3-18(15-19)26(28)29/h1,3-9,14-15,23H,2,10-13H2. The van der Waals surface area contributed by atoms with Gasteiger partial charge < -0.3 is 9.80 Å². The molecular weight excluding hydrogens is 466 g/mol. The summed E-state index contributed by atoms with van der Waals surface area (Å²) in [4.78, 5) is 31.3. The Morgan fingerprint density at radius 1 is 1.09 bits per heavy atom. The molecule has 0 spiro atoms. The van der Waals surface area contributed by atoms with Crippen molar-refractivity contribution in [1.82, 2.24) is 9.88 Å². The zero-order valence-corrected chi connectivity index (χ0v) is 19.1. The molecular formula is C21H21N5O5S2. The maximum Gasteiger partial charge on any atom is 0.270 e. The van der Waals surface area contributed by atoms with E-state index < -0.39 is 14.9 Å². The molecule has 0 radical (unpaired) electrons. The zero-order chi connectivity index (χ0) is 23.4. The number of nitrogens with zero attached hydrogens (tertiary/aromatic N) is 4. The van der Waals surface area contributed by atoms with Gasteiger partial charge in [0, 0.05) is 61.1 Å².